The van der Waals surface area contributed by atoms with Gasteiger partial charge in [-0.15, -0.1) is 0 Å². The minimum atomic E-state index is 0.331. The van der Waals surface area contributed by atoms with Crippen molar-refractivity contribution in [2.75, 3.05) is 13.1 Å². The number of hydrogen-bond acceptors (Lipinski definition) is 3. The minimum absolute atomic E-state index is 0.331. The molecule has 62 valence electrons. The van der Waals surface area contributed by atoms with E-state index in [0.717, 1.165) is 12.6 Å². The minimum Gasteiger partial charge on any atom is -0.344 e. The lowest BCUT2D eigenvalue weighted by atomic mass is 10.4. The third-order valence-electron chi connectivity index (χ3n) is 1.22. The molecule has 0 N–H and O–H groups in total. The quantitative estimate of drug-likeness (QED) is 0.473. The van der Waals surface area contributed by atoms with E-state index in [0.29, 0.717) is 32.3 Å². The molecule has 0 heterocycles. The van der Waals surface area contributed by atoms with E-state index < -0.39 is 0 Å². The second-order valence-electron chi connectivity index (χ2n) is 2.05. The van der Waals surface area contributed by atoms with Crippen molar-refractivity contribution < 1.29 is 14.4 Å². The summed E-state index contributed by atoms with van der Waals surface area (Å²) in [7, 11) is 0. The fourth-order valence-corrected chi connectivity index (χ4v) is 0.654. The average Bonchev–Trinajstić information content (AvgIpc) is 2.05. The molecular weight excluding hydrogens is 146 g/mol. The number of amides is 1. The highest BCUT2D eigenvalue weighted by molar-refractivity contribution is 5.54. The second-order valence-corrected chi connectivity index (χ2v) is 2.05. The Balaban J connectivity index is 3.47. The molecule has 0 atom stereocenters. The van der Waals surface area contributed by atoms with Gasteiger partial charge in [0.05, 0.1) is 0 Å². The Kier molecular flexibility index (Phi) is 6.17. The fourth-order valence-electron chi connectivity index (χ4n) is 0.654. The van der Waals surface area contributed by atoms with Crippen molar-refractivity contribution >= 4 is 19.0 Å². The van der Waals surface area contributed by atoms with Gasteiger partial charge in [-0.05, 0) is 0 Å². The Morgan fingerprint density at radius 2 is 1.36 bits per heavy atom. The third kappa shape index (κ3) is 5.26. The Bertz CT molecular complexity index is 124. The largest absolute Gasteiger partial charge is 0.344 e. The number of carbonyl (C=O) groups is 3. The predicted molar refractivity (Wildman–Crippen MR) is 39.0 cm³/mol. The molecule has 0 aromatic rings. The first-order chi connectivity index (χ1) is 5.35. The molecule has 0 saturated heterocycles. The van der Waals surface area contributed by atoms with E-state index in [9.17, 15) is 14.4 Å². The van der Waals surface area contributed by atoms with Crippen molar-refractivity contribution in [2.45, 2.75) is 12.8 Å². The van der Waals surface area contributed by atoms with E-state index >= 15 is 0 Å². The lowest BCUT2D eigenvalue weighted by Gasteiger charge is -2.12. The molecule has 0 unspecified atom stereocenters. The van der Waals surface area contributed by atoms with Gasteiger partial charge in [0.25, 0.3) is 0 Å². The Morgan fingerprint density at radius 3 is 1.64 bits per heavy atom. The van der Waals surface area contributed by atoms with Crippen molar-refractivity contribution in [3.8, 4) is 0 Å². The molecule has 0 aliphatic heterocycles. The van der Waals surface area contributed by atoms with Crippen LogP contribution >= 0.6 is 0 Å². The summed E-state index contributed by atoms with van der Waals surface area (Å²) in [6, 6.07) is 0. The van der Waals surface area contributed by atoms with Crippen LogP contribution in [0.5, 0.6) is 0 Å². The first-order valence-corrected chi connectivity index (χ1v) is 3.41. The predicted octanol–water partition coefficient (Wildman–Crippen LogP) is -0.377. The van der Waals surface area contributed by atoms with Crippen LogP contribution in [0.3, 0.4) is 0 Å². The molecule has 0 radical (unpaired) electrons. The summed E-state index contributed by atoms with van der Waals surface area (Å²) in [4.78, 5) is 31.4. The highest BCUT2D eigenvalue weighted by Gasteiger charge is 1.98. The van der Waals surface area contributed by atoms with Crippen LogP contribution in [-0.2, 0) is 14.4 Å². The van der Waals surface area contributed by atoms with Gasteiger partial charge in [0.15, 0.2) is 0 Å². The van der Waals surface area contributed by atoms with Crippen LogP contribution < -0.4 is 0 Å². The SMILES string of the molecule is O=CCCN(C=O)CCC=O. The van der Waals surface area contributed by atoms with Crippen molar-refractivity contribution in [1.82, 2.24) is 4.90 Å². The molecule has 11 heavy (non-hydrogen) atoms. The van der Waals surface area contributed by atoms with Gasteiger partial charge in [-0.25, -0.2) is 0 Å². The van der Waals surface area contributed by atoms with Gasteiger partial charge in [0, 0.05) is 25.9 Å². The van der Waals surface area contributed by atoms with Gasteiger partial charge >= 0.3 is 0 Å². The number of aldehydes is 2. The first-order valence-electron chi connectivity index (χ1n) is 3.41. The first kappa shape index (κ1) is 9.81. The molecule has 0 aliphatic carbocycles. The van der Waals surface area contributed by atoms with E-state index in [1.54, 1.807) is 0 Å². The highest BCUT2D eigenvalue weighted by Crippen LogP contribution is 1.86. The normalized spacial score (nSPS) is 8.73. The molecule has 0 bridgehead atoms. The van der Waals surface area contributed by atoms with Crippen molar-refractivity contribution in [2.24, 2.45) is 0 Å². The van der Waals surface area contributed by atoms with Crippen LogP contribution in [0.15, 0.2) is 0 Å². The van der Waals surface area contributed by atoms with Gasteiger partial charge in [0.2, 0.25) is 6.41 Å². The molecule has 0 aromatic carbocycles. The fraction of sp³-hybridized carbons (Fsp3) is 0.571. The summed E-state index contributed by atoms with van der Waals surface area (Å²) in [5, 5.41) is 0. The number of nitrogens with zero attached hydrogens (tertiary/aromatic N) is 1. The molecule has 0 saturated carbocycles. The summed E-state index contributed by atoms with van der Waals surface area (Å²) >= 11 is 0. The Morgan fingerprint density at radius 1 is 0.909 bits per heavy atom. The topological polar surface area (TPSA) is 54.5 Å². The molecule has 0 rings (SSSR count). The Labute approximate surface area is 65.2 Å². The lowest BCUT2D eigenvalue weighted by Crippen LogP contribution is -2.24. The monoisotopic (exact) mass is 157 g/mol. The van der Waals surface area contributed by atoms with E-state index in [2.05, 4.69) is 0 Å². The summed E-state index contributed by atoms with van der Waals surface area (Å²) in [6.07, 6.45) is 2.80. The standard InChI is InChI=1S/C7H11NO3/c9-5-1-3-8(7-11)4-2-6-10/h5-7H,1-4H2. The van der Waals surface area contributed by atoms with E-state index in [4.69, 9.17) is 0 Å². The maximum atomic E-state index is 10.2. The molecular formula is C7H11NO3. The van der Waals surface area contributed by atoms with Crippen molar-refractivity contribution in [3.05, 3.63) is 0 Å². The van der Waals surface area contributed by atoms with Gasteiger partial charge in [-0.2, -0.15) is 0 Å². The van der Waals surface area contributed by atoms with Gasteiger partial charge in [-0.3, -0.25) is 4.79 Å². The van der Waals surface area contributed by atoms with Crippen LogP contribution in [0.1, 0.15) is 12.8 Å². The smallest absolute Gasteiger partial charge is 0.209 e. The van der Waals surface area contributed by atoms with Gasteiger partial charge in [-0.1, -0.05) is 0 Å². The van der Waals surface area contributed by atoms with Gasteiger partial charge < -0.3 is 14.5 Å². The molecule has 1 amide bonds. The zero-order valence-corrected chi connectivity index (χ0v) is 6.23. The van der Waals surface area contributed by atoms with Crippen LogP contribution in [0, 0.1) is 0 Å². The summed E-state index contributed by atoms with van der Waals surface area (Å²) in [6.45, 7) is 0.807. The third-order valence-corrected chi connectivity index (χ3v) is 1.22. The van der Waals surface area contributed by atoms with Gasteiger partial charge in [0.1, 0.15) is 12.6 Å². The van der Waals surface area contributed by atoms with Crippen molar-refractivity contribution in [1.29, 1.82) is 0 Å². The summed E-state index contributed by atoms with van der Waals surface area (Å²) < 4.78 is 0. The number of rotatable bonds is 7. The Hall–Kier alpha value is -1.19. The van der Waals surface area contributed by atoms with Crippen molar-refractivity contribution in [3.63, 3.8) is 0 Å². The molecule has 4 nitrogen and oxygen atoms in total. The maximum Gasteiger partial charge on any atom is 0.209 e. The number of hydrogen-bond donors (Lipinski definition) is 0. The summed E-state index contributed by atoms with van der Waals surface area (Å²) in [5.74, 6) is 0. The zero-order valence-electron chi connectivity index (χ0n) is 6.23. The summed E-state index contributed by atoms with van der Waals surface area (Å²) in [5.41, 5.74) is 0. The lowest BCUT2D eigenvalue weighted by molar-refractivity contribution is -0.119. The second kappa shape index (κ2) is 6.92. The average molecular weight is 157 g/mol. The number of carbonyl (C=O) groups excluding carboxylic acids is 3. The molecule has 0 aliphatic rings. The molecule has 4 heteroatoms. The van der Waals surface area contributed by atoms with E-state index in [1.165, 1.54) is 4.90 Å². The molecule has 0 spiro atoms. The van der Waals surface area contributed by atoms with E-state index in [1.807, 2.05) is 0 Å². The van der Waals surface area contributed by atoms with E-state index in [-0.39, 0.29) is 0 Å². The molecule has 0 aromatic heterocycles. The highest BCUT2D eigenvalue weighted by atomic mass is 16.1. The van der Waals surface area contributed by atoms with Crippen LogP contribution in [0.25, 0.3) is 0 Å². The molecule has 0 fully saturated rings. The maximum absolute atomic E-state index is 10.2. The van der Waals surface area contributed by atoms with Crippen LogP contribution in [0.2, 0.25) is 0 Å². The zero-order chi connectivity index (χ0) is 8.53. The van der Waals surface area contributed by atoms with Crippen LogP contribution in [-0.4, -0.2) is 37.0 Å². The van der Waals surface area contributed by atoms with Crippen LogP contribution in [0.4, 0.5) is 0 Å².